The smallest absolute Gasteiger partial charge is 0.0263 e. The number of allylic oxidation sites excluding steroid dienone is 1. The van der Waals surface area contributed by atoms with Crippen molar-refractivity contribution >= 4 is 6.08 Å². The topological polar surface area (TPSA) is 0 Å². The molecular formula is C12H16. The van der Waals surface area contributed by atoms with E-state index in [0.29, 0.717) is 0 Å². The lowest BCUT2D eigenvalue weighted by Crippen LogP contribution is -1.63. The second-order valence-corrected chi connectivity index (χ2v) is 2.31. The van der Waals surface area contributed by atoms with Gasteiger partial charge in [0.05, 0.1) is 0 Å². The monoisotopic (exact) mass is 160 g/mol. The van der Waals surface area contributed by atoms with Crippen LogP contribution in [-0.2, 0) is 0 Å². The summed E-state index contributed by atoms with van der Waals surface area (Å²) in [6.45, 7) is 9.17. The zero-order valence-electron chi connectivity index (χ0n) is 7.66. The van der Waals surface area contributed by atoms with Crippen molar-refractivity contribution in [3.63, 3.8) is 0 Å². The van der Waals surface area contributed by atoms with Gasteiger partial charge in [0.25, 0.3) is 0 Å². The highest BCUT2D eigenvalue weighted by Gasteiger charge is 1.75. The van der Waals surface area contributed by atoms with Crippen LogP contribution in [0.25, 0.3) is 6.08 Å². The summed E-state index contributed by atoms with van der Waals surface area (Å²) in [7, 11) is 0. The second-order valence-electron chi connectivity index (χ2n) is 2.31. The van der Waals surface area contributed by atoms with Gasteiger partial charge in [-0.25, -0.2) is 0 Å². The molecule has 0 N–H and O–H groups in total. The lowest BCUT2D eigenvalue weighted by Gasteiger charge is -1.85. The van der Waals surface area contributed by atoms with Crippen molar-refractivity contribution in [3.05, 3.63) is 55.1 Å². The SMILES string of the molecule is C=CCC.C=Cc1ccccc1. The van der Waals surface area contributed by atoms with Crippen LogP contribution in [0.15, 0.2) is 49.6 Å². The van der Waals surface area contributed by atoms with Crippen LogP contribution >= 0.6 is 0 Å². The summed E-state index contributed by atoms with van der Waals surface area (Å²) in [5.41, 5.74) is 1.17. The molecule has 0 heteroatoms. The molecule has 12 heavy (non-hydrogen) atoms. The van der Waals surface area contributed by atoms with E-state index in [1.807, 2.05) is 42.5 Å². The maximum atomic E-state index is 3.63. The Hall–Kier alpha value is -1.30. The van der Waals surface area contributed by atoms with E-state index in [-0.39, 0.29) is 0 Å². The molecule has 0 saturated heterocycles. The molecule has 64 valence electrons. The van der Waals surface area contributed by atoms with Gasteiger partial charge in [0.1, 0.15) is 0 Å². The van der Waals surface area contributed by atoms with E-state index in [0.717, 1.165) is 6.42 Å². The van der Waals surface area contributed by atoms with Crippen LogP contribution in [0.1, 0.15) is 18.9 Å². The molecule has 0 unspecified atom stereocenters. The van der Waals surface area contributed by atoms with E-state index in [1.54, 1.807) is 0 Å². The van der Waals surface area contributed by atoms with Crippen molar-refractivity contribution in [3.8, 4) is 0 Å². The van der Waals surface area contributed by atoms with Crippen molar-refractivity contribution < 1.29 is 0 Å². The van der Waals surface area contributed by atoms with Crippen molar-refractivity contribution in [2.75, 3.05) is 0 Å². The first kappa shape index (κ1) is 10.7. The van der Waals surface area contributed by atoms with Crippen LogP contribution in [0, 0.1) is 0 Å². The predicted octanol–water partition coefficient (Wildman–Crippen LogP) is 3.91. The van der Waals surface area contributed by atoms with Crippen molar-refractivity contribution in [2.45, 2.75) is 13.3 Å². The lowest BCUT2D eigenvalue weighted by molar-refractivity contribution is 1.23. The summed E-state index contributed by atoms with van der Waals surface area (Å²) in [4.78, 5) is 0. The van der Waals surface area contributed by atoms with Crippen LogP contribution in [-0.4, -0.2) is 0 Å². The Balaban J connectivity index is 0.000000261. The first-order chi connectivity index (χ1) is 5.85. The Bertz CT molecular complexity index is 209. The average Bonchev–Trinajstić information content (AvgIpc) is 2.19. The minimum Gasteiger partial charge on any atom is -0.103 e. The fraction of sp³-hybridized carbons (Fsp3) is 0.167. The van der Waals surface area contributed by atoms with Crippen molar-refractivity contribution in [1.29, 1.82) is 0 Å². The third-order valence-electron chi connectivity index (χ3n) is 1.32. The highest BCUT2D eigenvalue weighted by Crippen LogP contribution is 1.97. The van der Waals surface area contributed by atoms with E-state index in [2.05, 4.69) is 20.1 Å². The molecule has 0 aliphatic heterocycles. The summed E-state index contributed by atoms with van der Waals surface area (Å²) in [6, 6.07) is 10.0. The molecule has 0 amide bonds. The molecule has 1 rings (SSSR count). The molecule has 0 nitrogen and oxygen atoms in total. The third kappa shape index (κ3) is 5.48. The maximum absolute atomic E-state index is 3.63. The van der Waals surface area contributed by atoms with Gasteiger partial charge >= 0.3 is 0 Å². The Morgan fingerprint density at radius 3 is 1.92 bits per heavy atom. The highest BCUT2D eigenvalue weighted by atomic mass is 13.8. The van der Waals surface area contributed by atoms with E-state index in [4.69, 9.17) is 0 Å². The molecule has 0 aromatic heterocycles. The van der Waals surface area contributed by atoms with Gasteiger partial charge < -0.3 is 0 Å². The molecule has 0 atom stereocenters. The van der Waals surface area contributed by atoms with Crippen LogP contribution in [0.3, 0.4) is 0 Å². The maximum Gasteiger partial charge on any atom is -0.0263 e. The molecule has 0 bridgehead atoms. The van der Waals surface area contributed by atoms with E-state index in [9.17, 15) is 0 Å². The van der Waals surface area contributed by atoms with Gasteiger partial charge in [0, 0.05) is 0 Å². The van der Waals surface area contributed by atoms with E-state index < -0.39 is 0 Å². The molecule has 0 spiro atoms. The molecule has 0 saturated carbocycles. The van der Waals surface area contributed by atoms with Gasteiger partial charge in [-0.2, -0.15) is 0 Å². The van der Waals surface area contributed by atoms with Crippen LogP contribution in [0.2, 0.25) is 0 Å². The Kier molecular flexibility index (Phi) is 6.96. The average molecular weight is 160 g/mol. The first-order valence-electron chi connectivity index (χ1n) is 4.13. The Morgan fingerprint density at radius 2 is 1.67 bits per heavy atom. The highest BCUT2D eigenvalue weighted by molar-refractivity contribution is 5.45. The molecule has 0 fully saturated rings. The number of hydrogen-bond donors (Lipinski definition) is 0. The van der Waals surface area contributed by atoms with Crippen molar-refractivity contribution in [2.24, 2.45) is 0 Å². The van der Waals surface area contributed by atoms with Gasteiger partial charge in [0.2, 0.25) is 0 Å². The summed E-state index contributed by atoms with van der Waals surface area (Å²) in [5, 5.41) is 0. The summed E-state index contributed by atoms with van der Waals surface area (Å²) in [5.74, 6) is 0. The fourth-order valence-electron chi connectivity index (χ4n) is 0.589. The van der Waals surface area contributed by atoms with Gasteiger partial charge in [-0.15, -0.1) is 6.58 Å². The molecular weight excluding hydrogens is 144 g/mol. The zero-order valence-corrected chi connectivity index (χ0v) is 7.66. The summed E-state index contributed by atoms with van der Waals surface area (Å²) in [6.07, 6.45) is 4.79. The zero-order chi connectivity index (χ0) is 9.23. The second kappa shape index (κ2) is 7.80. The molecule has 1 aromatic rings. The molecule has 0 aliphatic carbocycles. The van der Waals surface area contributed by atoms with Gasteiger partial charge in [0.15, 0.2) is 0 Å². The predicted molar refractivity (Wildman–Crippen MR) is 57.0 cm³/mol. The lowest BCUT2D eigenvalue weighted by atomic mass is 10.2. The minimum atomic E-state index is 1.08. The van der Waals surface area contributed by atoms with Gasteiger partial charge in [-0.05, 0) is 12.0 Å². The summed E-state index contributed by atoms with van der Waals surface area (Å²) >= 11 is 0. The molecule has 0 heterocycles. The Labute approximate surface area is 75.2 Å². The number of hydrogen-bond acceptors (Lipinski definition) is 0. The largest absolute Gasteiger partial charge is 0.103 e. The van der Waals surface area contributed by atoms with Crippen LogP contribution in [0.4, 0.5) is 0 Å². The molecule has 0 radical (unpaired) electrons. The number of rotatable bonds is 2. The quantitative estimate of drug-likeness (QED) is 0.575. The van der Waals surface area contributed by atoms with Crippen LogP contribution in [0.5, 0.6) is 0 Å². The van der Waals surface area contributed by atoms with Gasteiger partial charge in [-0.3, -0.25) is 0 Å². The van der Waals surface area contributed by atoms with E-state index in [1.165, 1.54) is 5.56 Å². The van der Waals surface area contributed by atoms with Crippen molar-refractivity contribution in [1.82, 2.24) is 0 Å². The Morgan fingerprint density at radius 1 is 1.17 bits per heavy atom. The van der Waals surface area contributed by atoms with E-state index >= 15 is 0 Å². The normalized spacial score (nSPS) is 7.75. The summed E-state index contributed by atoms with van der Waals surface area (Å²) < 4.78 is 0. The first-order valence-corrected chi connectivity index (χ1v) is 4.13. The third-order valence-corrected chi connectivity index (χ3v) is 1.32. The fourth-order valence-corrected chi connectivity index (χ4v) is 0.589. The van der Waals surface area contributed by atoms with Gasteiger partial charge in [-0.1, -0.05) is 56.0 Å². The molecule has 0 aliphatic rings. The van der Waals surface area contributed by atoms with Crippen LogP contribution < -0.4 is 0 Å². The number of benzene rings is 1. The standard InChI is InChI=1S/C8H8.C4H8/c1-2-8-6-4-3-5-7-8;1-3-4-2/h2-7H,1H2;3H,1,4H2,2H3. The minimum absolute atomic E-state index is 1.08. The molecule has 1 aromatic carbocycles.